The first-order valence-electron chi connectivity index (χ1n) is 7.57. The molecule has 2 heterocycles. The van der Waals surface area contributed by atoms with Gasteiger partial charge in [0.05, 0.1) is 5.92 Å². The Bertz CT molecular complexity index is 482. The molecule has 1 aromatic rings. The van der Waals surface area contributed by atoms with Crippen LogP contribution >= 0.6 is 0 Å². The Morgan fingerprint density at radius 2 is 2.05 bits per heavy atom. The molecule has 0 aromatic heterocycles. The van der Waals surface area contributed by atoms with E-state index in [0.717, 1.165) is 38.5 Å². The van der Waals surface area contributed by atoms with Gasteiger partial charge in [-0.25, -0.2) is 0 Å². The Hall–Kier alpha value is -1.55. The van der Waals surface area contributed by atoms with E-state index in [0.29, 0.717) is 0 Å². The standard InChI is InChI=1S/C16H23N3O/c17-16(20)14-9-13-3-1-2-4-15(13)19(11-14)10-12-5-7-18-8-6-12/h1-4,12,14,18H,5-11H2,(H2,17,20). The first-order valence-corrected chi connectivity index (χ1v) is 7.57. The number of nitrogens with zero attached hydrogens (tertiary/aromatic N) is 1. The average molecular weight is 273 g/mol. The molecule has 108 valence electrons. The van der Waals surface area contributed by atoms with Gasteiger partial charge in [0.2, 0.25) is 5.91 Å². The number of carbonyl (C=O) groups is 1. The van der Waals surface area contributed by atoms with Crippen molar-refractivity contribution in [2.24, 2.45) is 17.6 Å². The van der Waals surface area contributed by atoms with Crippen LogP contribution in [0.4, 0.5) is 5.69 Å². The van der Waals surface area contributed by atoms with E-state index in [1.807, 2.05) is 6.07 Å². The Morgan fingerprint density at radius 3 is 2.80 bits per heavy atom. The van der Waals surface area contributed by atoms with Gasteiger partial charge in [-0.3, -0.25) is 4.79 Å². The van der Waals surface area contributed by atoms with Gasteiger partial charge in [-0.05, 0) is 49.9 Å². The third-order valence-electron chi connectivity index (χ3n) is 4.58. The highest BCUT2D eigenvalue weighted by molar-refractivity contribution is 5.79. The predicted octanol–water partition coefficient (Wildman–Crippen LogP) is 1.15. The minimum Gasteiger partial charge on any atom is -0.370 e. The van der Waals surface area contributed by atoms with Crippen molar-refractivity contribution in [3.05, 3.63) is 29.8 Å². The summed E-state index contributed by atoms with van der Waals surface area (Å²) in [7, 11) is 0. The number of hydrogen-bond acceptors (Lipinski definition) is 3. The number of rotatable bonds is 3. The summed E-state index contributed by atoms with van der Waals surface area (Å²) in [5, 5.41) is 3.41. The lowest BCUT2D eigenvalue weighted by atomic mass is 9.90. The van der Waals surface area contributed by atoms with E-state index in [2.05, 4.69) is 28.4 Å². The zero-order valence-corrected chi connectivity index (χ0v) is 11.8. The van der Waals surface area contributed by atoms with E-state index in [4.69, 9.17) is 5.73 Å². The van der Waals surface area contributed by atoms with Crippen molar-refractivity contribution in [3.63, 3.8) is 0 Å². The highest BCUT2D eigenvalue weighted by atomic mass is 16.1. The van der Waals surface area contributed by atoms with Crippen LogP contribution in [0.5, 0.6) is 0 Å². The lowest BCUT2D eigenvalue weighted by Gasteiger charge is -2.38. The van der Waals surface area contributed by atoms with Gasteiger partial charge in [0, 0.05) is 18.8 Å². The van der Waals surface area contributed by atoms with Crippen LogP contribution in [0.15, 0.2) is 24.3 Å². The Labute approximate surface area is 120 Å². The van der Waals surface area contributed by atoms with Crippen molar-refractivity contribution in [1.29, 1.82) is 0 Å². The normalized spacial score (nSPS) is 23.4. The highest BCUT2D eigenvalue weighted by Crippen LogP contribution is 2.31. The first-order chi connectivity index (χ1) is 9.74. The second kappa shape index (κ2) is 5.83. The van der Waals surface area contributed by atoms with E-state index in [9.17, 15) is 4.79 Å². The maximum absolute atomic E-state index is 11.6. The summed E-state index contributed by atoms with van der Waals surface area (Å²) >= 11 is 0. The van der Waals surface area contributed by atoms with Crippen molar-refractivity contribution in [3.8, 4) is 0 Å². The summed E-state index contributed by atoms with van der Waals surface area (Å²) in [5.74, 6) is 0.498. The van der Waals surface area contributed by atoms with Crippen molar-refractivity contribution >= 4 is 11.6 Å². The molecule has 0 bridgehead atoms. The Kier molecular flexibility index (Phi) is 3.92. The molecule has 1 fully saturated rings. The molecular weight excluding hydrogens is 250 g/mol. The van der Waals surface area contributed by atoms with Crippen molar-refractivity contribution in [2.75, 3.05) is 31.1 Å². The van der Waals surface area contributed by atoms with Crippen LogP contribution in [-0.4, -0.2) is 32.1 Å². The zero-order chi connectivity index (χ0) is 13.9. The maximum atomic E-state index is 11.6. The minimum absolute atomic E-state index is 0.0494. The number of nitrogens with two attached hydrogens (primary N) is 1. The number of hydrogen-bond donors (Lipinski definition) is 2. The minimum atomic E-state index is -0.171. The molecule has 0 aliphatic carbocycles. The van der Waals surface area contributed by atoms with E-state index in [1.54, 1.807) is 0 Å². The molecule has 4 nitrogen and oxygen atoms in total. The van der Waals surface area contributed by atoms with Gasteiger partial charge in [-0.15, -0.1) is 0 Å². The number of amides is 1. The fraction of sp³-hybridized carbons (Fsp3) is 0.562. The lowest BCUT2D eigenvalue weighted by molar-refractivity contribution is -0.121. The van der Waals surface area contributed by atoms with E-state index in [1.165, 1.54) is 24.1 Å². The smallest absolute Gasteiger partial charge is 0.222 e. The van der Waals surface area contributed by atoms with Crippen molar-refractivity contribution < 1.29 is 4.79 Å². The van der Waals surface area contributed by atoms with Crippen LogP contribution < -0.4 is 16.0 Å². The number of carbonyl (C=O) groups excluding carboxylic acids is 1. The molecule has 1 aromatic carbocycles. The lowest BCUT2D eigenvalue weighted by Crippen LogP contribution is -2.44. The number of primary amides is 1. The molecule has 2 aliphatic heterocycles. The molecule has 0 radical (unpaired) electrons. The van der Waals surface area contributed by atoms with E-state index >= 15 is 0 Å². The van der Waals surface area contributed by atoms with Gasteiger partial charge >= 0.3 is 0 Å². The van der Waals surface area contributed by atoms with Gasteiger partial charge in [0.25, 0.3) is 0 Å². The van der Waals surface area contributed by atoms with Gasteiger partial charge in [-0.1, -0.05) is 18.2 Å². The molecule has 0 spiro atoms. The second-order valence-electron chi connectivity index (χ2n) is 6.03. The van der Waals surface area contributed by atoms with Crippen molar-refractivity contribution in [1.82, 2.24) is 5.32 Å². The van der Waals surface area contributed by atoms with Crippen LogP contribution in [0.25, 0.3) is 0 Å². The van der Waals surface area contributed by atoms with Crippen LogP contribution in [0, 0.1) is 11.8 Å². The quantitative estimate of drug-likeness (QED) is 0.868. The zero-order valence-electron chi connectivity index (χ0n) is 11.8. The molecule has 1 unspecified atom stereocenters. The third-order valence-corrected chi connectivity index (χ3v) is 4.58. The third kappa shape index (κ3) is 2.80. The van der Waals surface area contributed by atoms with Crippen LogP contribution in [0.2, 0.25) is 0 Å². The highest BCUT2D eigenvalue weighted by Gasteiger charge is 2.29. The fourth-order valence-corrected chi connectivity index (χ4v) is 3.43. The van der Waals surface area contributed by atoms with Crippen LogP contribution in [0.1, 0.15) is 18.4 Å². The monoisotopic (exact) mass is 273 g/mol. The average Bonchev–Trinajstić information content (AvgIpc) is 2.48. The number of fused-ring (bicyclic) bond motifs is 1. The number of anilines is 1. The molecule has 3 N–H and O–H groups in total. The summed E-state index contributed by atoms with van der Waals surface area (Å²) in [6, 6.07) is 8.43. The van der Waals surface area contributed by atoms with Crippen molar-refractivity contribution in [2.45, 2.75) is 19.3 Å². The fourth-order valence-electron chi connectivity index (χ4n) is 3.43. The first kappa shape index (κ1) is 13.4. The molecule has 2 aliphatic rings. The Balaban J connectivity index is 1.79. The predicted molar refractivity (Wildman–Crippen MR) is 80.6 cm³/mol. The molecule has 20 heavy (non-hydrogen) atoms. The molecule has 0 saturated carbocycles. The molecular formula is C16H23N3O. The van der Waals surface area contributed by atoms with E-state index < -0.39 is 0 Å². The summed E-state index contributed by atoms with van der Waals surface area (Å²) in [6.07, 6.45) is 3.23. The summed E-state index contributed by atoms with van der Waals surface area (Å²) in [4.78, 5) is 14.0. The summed E-state index contributed by atoms with van der Waals surface area (Å²) in [6.45, 7) is 4.04. The number of para-hydroxylation sites is 1. The number of nitrogens with one attached hydrogen (secondary N) is 1. The molecule has 3 rings (SSSR count). The maximum Gasteiger partial charge on any atom is 0.222 e. The van der Waals surface area contributed by atoms with Crippen LogP contribution in [0.3, 0.4) is 0 Å². The molecule has 1 amide bonds. The number of benzene rings is 1. The summed E-state index contributed by atoms with van der Waals surface area (Å²) < 4.78 is 0. The van der Waals surface area contributed by atoms with Crippen LogP contribution in [-0.2, 0) is 11.2 Å². The largest absolute Gasteiger partial charge is 0.370 e. The van der Waals surface area contributed by atoms with Gasteiger partial charge in [0.15, 0.2) is 0 Å². The number of piperidine rings is 1. The molecule has 1 atom stereocenters. The van der Waals surface area contributed by atoms with Gasteiger partial charge < -0.3 is 16.0 Å². The van der Waals surface area contributed by atoms with E-state index in [-0.39, 0.29) is 11.8 Å². The SMILES string of the molecule is NC(=O)C1Cc2ccccc2N(CC2CCNCC2)C1. The molecule has 4 heteroatoms. The summed E-state index contributed by atoms with van der Waals surface area (Å²) in [5.41, 5.74) is 8.10. The Morgan fingerprint density at radius 1 is 1.30 bits per heavy atom. The second-order valence-corrected chi connectivity index (χ2v) is 6.03. The van der Waals surface area contributed by atoms with Gasteiger partial charge in [-0.2, -0.15) is 0 Å². The molecule has 1 saturated heterocycles. The van der Waals surface area contributed by atoms with Gasteiger partial charge in [0.1, 0.15) is 0 Å². The topological polar surface area (TPSA) is 58.4 Å².